The monoisotopic (exact) mass is 308 g/mol. The molecule has 94 valence electrons. The molecule has 2 aromatic rings. The highest BCUT2D eigenvalue weighted by molar-refractivity contribution is 9.10. The van der Waals surface area contributed by atoms with E-state index in [9.17, 15) is 4.79 Å². The standard InChI is InChI=1S/C13H13BrN2O2/c1-2-18-13(17)11-12(14)15-9-16(11)8-10-6-4-3-5-7-10/h3-7,9H,2,8H2,1H3. The molecule has 1 aromatic carbocycles. The van der Waals surface area contributed by atoms with Gasteiger partial charge < -0.3 is 9.30 Å². The van der Waals surface area contributed by atoms with E-state index in [-0.39, 0.29) is 5.97 Å². The summed E-state index contributed by atoms with van der Waals surface area (Å²) in [5.41, 5.74) is 1.55. The number of halogens is 1. The fraction of sp³-hybridized carbons (Fsp3) is 0.231. The summed E-state index contributed by atoms with van der Waals surface area (Å²) in [5, 5.41) is 0. The van der Waals surface area contributed by atoms with Crippen LogP contribution in [-0.4, -0.2) is 22.1 Å². The van der Waals surface area contributed by atoms with Crippen molar-refractivity contribution in [2.45, 2.75) is 13.5 Å². The van der Waals surface area contributed by atoms with E-state index >= 15 is 0 Å². The van der Waals surface area contributed by atoms with E-state index in [0.717, 1.165) is 5.56 Å². The first-order valence-electron chi connectivity index (χ1n) is 5.64. The van der Waals surface area contributed by atoms with Gasteiger partial charge in [-0.15, -0.1) is 0 Å². The zero-order valence-corrected chi connectivity index (χ0v) is 11.6. The second kappa shape index (κ2) is 5.82. The molecule has 0 unspecified atom stereocenters. The first-order valence-corrected chi connectivity index (χ1v) is 6.43. The maximum Gasteiger partial charge on any atom is 0.357 e. The van der Waals surface area contributed by atoms with E-state index in [1.165, 1.54) is 0 Å². The Morgan fingerprint density at radius 1 is 1.39 bits per heavy atom. The van der Waals surface area contributed by atoms with Crippen molar-refractivity contribution in [2.24, 2.45) is 0 Å². The molecule has 0 aliphatic rings. The molecule has 0 atom stereocenters. The predicted molar refractivity (Wildman–Crippen MR) is 71.4 cm³/mol. The minimum atomic E-state index is -0.363. The van der Waals surface area contributed by atoms with Crippen LogP contribution in [0.25, 0.3) is 0 Å². The lowest BCUT2D eigenvalue weighted by Crippen LogP contribution is -2.13. The van der Waals surface area contributed by atoms with Gasteiger partial charge in [0, 0.05) is 6.54 Å². The van der Waals surface area contributed by atoms with Crippen molar-refractivity contribution >= 4 is 21.9 Å². The first kappa shape index (κ1) is 12.8. The number of benzene rings is 1. The number of nitrogens with zero attached hydrogens (tertiary/aromatic N) is 2. The number of carbonyl (C=O) groups is 1. The van der Waals surface area contributed by atoms with Gasteiger partial charge >= 0.3 is 5.97 Å². The van der Waals surface area contributed by atoms with Crippen LogP contribution >= 0.6 is 15.9 Å². The van der Waals surface area contributed by atoms with Crippen LogP contribution in [0.5, 0.6) is 0 Å². The molecule has 0 radical (unpaired) electrons. The number of aromatic nitrogens is 2. The fourth-order valence-corrected chi connectivity index (χ4v) is 2.14. The van der Waals surface area contributed by atoms with Gasteiger partial charge in [0.1, 0.15) is 4.60 Å². The molecule has 0 bridgehead atoms. The van der Waals surface area contributed by atoms with Crippen molar-refractivity contribution in [3.8, 4) is 0 Å². The van der Waals surface area contributed by atoms with E-state index in [0.29, 0.717) is 23.4 Å². The number of hydrogen-bond donors (Lipinski definition) is 0. The Bertz CT molecular complexity index is 537. The topological polar surface area (TPSA) is 44.1 Å². The lowest BCUT2D eigenvalue weighted by molar-refractivity contribution is 0.0513. The highest BCUT2D eigenvalue weighted by atomic mass is 79.9. The van der Waals surface area contributed by atoms with Crippen molar-refractivity contribution in [3.05, 3.63) is 52.5 Å². The van der Waals surface area contributed by atoms with Crippen molar-refractivity contribution in [3.63, 3.8) is 0 Å². The summed E-state index contributed by atoms with van der Waals surface area (Å²) in [6, 6.07) is 9.89. The zero-order chi connectivity index (χ0) is 13.0. The van der Waals surface area contributed by atoms with Crippen LogP contribution in [0.3, 0.4) is 0 Å². The lowest BCUT2D eigenvalue weighted by Gasteiger charge is -2.07. The van der Waals surface area contributed by atoms with Crippen LogP contribution in [0.2, 0.25) is 0 Å². The van der Waals surface area contributed by atoms with Crippen LogP contribution in [-0.2, 0) is 11.3 Å². The molecule has 1 aromatic heterocycles. The summed E-state index contributed by atoms with van der Waals surface area (Å²) in [7, 11) is 0. The van der Waals surface area contributed by atoms with E-state index in [2.05, 4.69) is 20.9 Å². The Morgan fingerprint density at radius 3 is 2.78 bits per heavy atom. The maximum absolute atomic E-state index is 11.8. The third-order valence-electron chi connectivity index (χ3n) is 2.46. The van der Waals surface area contributed by atoms with E-state index in [1.54, 1.807) is 17.8 Å². The third kappa shape index (κ3) is 2.79. The SMILES string of the molecule is CCOC(=O)c1c(Br)ncn1Cc1ccccc1. The maximum atomic E-state index is 11.8. The van der Waals surface area contributed by atoms with Crippen molar-refractivity contribution in [2.75, 3.05) is 6.61 Å². The van der Waals surface area contributed by atoms with Gasteiger partial charge in [-0.2, -0.15) is 0 Å². The third-order valence-corrected chi connectivity index (χ3v) is 3.04. The van der Waals surface area contributed by atoms with Gasteiger partial charge in [-0.25, -0.2) is 9.78 Å². The van der Waals surface area contributed by atoms with Gasteiger partial charge in [0.15, 0.2) is 5.69 Å². The van der Waals surface area contributed by atoms with Crippen LogP contribution in [0.4, 0.5) is 0 Å². The van der Waals surface area contributed by atoms with Crippen molar-refractivity contribution in [1.82, 2.24) is 9.55 Å². The number of esters is 1. The molecule has 0 aliphatic carbocycles. The number of rotatable bonds is 4. The van der Waals surface area contributed by atoms with Gasteiger partial charge in [-0.3, -0.25) is 0 Å². The molecule has 0 spiro atoms. The smallest absolute Gasteiger partial charge is 0.357 e. The molecule has 5 heteroatoms. The largest absolute Gasteiger partial charge is 0.461 e. The normalized spacial score (nSPS) is 10.3. The quantitative estimate of drug-likeness (QED) is 0.816. The van der Waals surface area contributed by atoms with Crippen molar-refractivity contribution in [1.29, 1.82) is 0 Å². The Balaban J connectivity index is 2.26. The second-order valence-electron chi connectivity index (χ2n) is 3.72. The summed E-state index contributed by atoms with van der Waals surface area (Å²) in [5.74, 6) is -0.363. The number of hydrogen-bond acceptors (Lipinski definition) is 3. The number of ether oxygens (including phenoxy) is 1. The molecule has 18 heavy (non-hydrogen) atoms. The molecule has 0 saturated heterocycles. The molecular formula is C13H13BrN2O2. The summed E-state index contributed by atoms with van der Waals surface area (Å²) in [4.78, 5) is 15.9. The summed E-state index contributed by atoms with van der Waals surface area (Å²) < 4.78 is 7.30. The molecule has 0 saturated carbocycles. The molecule has 0 aliphatic heterocycles. The van der Waals surface area contributed by atoms with E-state index in [1.807, 2.05) is 30.3 Å². The fourth-order valence-electron chi connectivity index (χ4n) is 1.66. The predicted octanol–water partition coefficient (Wildman–Crippen LogP) is 2.87. The average Bonchev–Trinajstić information content (AvgIpc) is 2.72. The van der Waals surface area contributed by atoms with Gasteiger partial charge in [0.25, 0.3) is 0 Å². The highest BCUT2D eigenvalue weighted by Crippen LogP contribution is 2.17. The van der Waals surface area contributed by atoms with E-state index < -0.39 is 0 Å². The minimum Gasteiger partial charge on any atom is -0.461 e. The Morgan fingerprint density at radius 2 is 2.11 bits per heavy atom. The molecule has 0 fully saturated rings. The van der Waals surface area contributed by atoms with Crippen LogP contribution < -0.4 is 0 Å². The Labute approximate surface area is 114 Å². The van der Waals surface area contributed by atoms with Crippen molar-refractivity contribution < 1.29 is 9.53 Å². The Kier molecular flexibility index (Phi) is 4.15. The lowest BCUT2D eigenvalue weighted by atomic mass is 10.2. The summed E-state index contributed by atoms with van der Waals surface area (Å²) in [6.07, 6.45) is 1.63. The summed E-state index contributed by atoms with van der Waals surface area (Å²) >= 11 is 3.27. The van der Waals surface area contributed by atoms with Crippen LogP contribution in [0.15, 0.2) is 41.3 Å². The van der Waals surface area contributed by atoms with Crippen LogP contribution in [0, 0.1) is 0 Å². The van der Waals surface area contributed by atoms with Gasteiger partial charge in [-0.05, 0) is 28.4 Å². The molecule has 2 rings (SSSR count). The highest BCUT2D eigenvalue weighted by Gasteiger charge is 2.18. The van der Waals surface area contributed by atoms with Gasteiger partial charge in [0.05, 0.1) is 12.9 Å². The molecular weight excluding hydrogens is 296 g/mol. The zero-order valence-electron chi connectivity index (χ0n) is 9.97. The van der Waals surface area contributed by atoms with Gasteiger partial charge in [0.2, 0.25) is 0 Å². The Hall–Kier alpha value is -1.62. The average molecular weight is 309 g/mol. The van der Waals surface area contributed by atoms with Crippen LogP contribution in [0.1, 0.15) is 23.0 Å². The molecule has 0 N–H and O–H groups in total. The van der Waals surface area contributed by atoms with E-state index in [4.69, 9.17) is 4.74 Å². The number of carbonyl (C=O) groups excluding carboxylic acids is 1. The second-order valence-corrected chi connectivity index (χ2v) is 4.47. The van der Waals surface area contributed by atoms with Gasteiger partial charge in [-0.1, -0.05) is 30.3 Å². The first-order chi connectivity index (χ1) is 8.72. The molecule has 0 amide bonds. The minimum absolute atomic E-state index is 0.349. The summed E-state index contributed by atoms with van der Waals surface area (Å²) in [6.45, 7) is 2.72. The number of imidazole rings is 1. The molecule has 4 nitrogen and oxygen atoms in total. The molecule has 1 heterocycles.